The minimum Gasteiger partial charge on any atom is -0.394 e. The molecular formula is C11H17N3OS. The van der Waals surface area contributed by atoms with Crippen LogP contribution in [0, 0.1) is 0 Å². The molecule has 2 unspecified atom stereocenters. The molecular weight excluding hydrogens is 222 g/mol. The van der Waals surface area contributed by atoms with Gasteiger partial charge in [0.25, 0.3) is 0 Å². The van der Waals surface area contributed by atoms with E-state index in [9.17, 15) is 5.11 Å². The molecule has 1 saturated carbocycles. The average molecular weight is 239 g/mol. The molecule has 5 heteroatoms. The molecule has 0 bridgehead atoms. The van der Waals surface area contributed by atoms with Crippen LogP contribution in [0.4, 0.5) is 0 Å². The lowest BCUT2D eigenvalue weighted by molar-refractivity contribution is 0.173. The van der Waals surface area contributed by atoms with Gasteiger partial charge in [0.15, 0.2) is 0 Å². The molecule has 0 aliphatic heterocycles. The summed E-state index contributed by atoms with van der Waals surface area (Å²) in [5.41, 5.74) is -0.0835. The van der Waals surface area contributed by atoms with Gasteiger partial charge in [0.2, 0.25) is 0 Å². The first kappa shape index (κ1) is 11.8. The second-order valence-electron chi connectivity index (χ2n) is 4.21. The molecule has 0 spiro atoms. The Morgan fingerprint density at radius 1 is 1.62 bits per heavy atom. The maximum absolute atomic E-state index is 9.40. The zero-order valence-electron chi connectivity index (χ0n) is 9.39. The highest BCUT2D eigenvalue weighted by Gasteiger charge is 2.37. The Bertz CT molecular complexity index is 329. The largest absolute Gasteiger partial charge is 0.394 e. The Kier molecular flexibility index (Phi) is 3.78. The van der Waals surface area contributed by atoms with E-state index in [0.717, 1.165) is 24.3 Å². The molecule has 0 amide bonds. The molecule has 0 radical (unpaired) electrons. The van der Waals surface area contributed by atoms with E-state index >= 15 is 0 Å². The van der Waals surface area contributed by atoms with Crippen LogP contribution in [-0.2, 0) is 0 Å². The molecule has 4 nitrogen and oxygen atoms in total. The standard InChI is InChI=1S/C11H17N3OS/c1-12-11(8-15)3-2-9(6-11)16-10-7-13-4-5-14-10/h4-5,7,9,12,15H,2-3,6,8H2,1H3. The summed E-state index contributed by atoms with van der Waals surface area (Å²) in [4.78, 5) is 8.31. The van der Waals surface area contributed by atoms with Crippen LogP contribution < -0.4 is 5.32 Å². The summed E-state index contributed by atoms with van der Waals surface area (Å²) in [6, 6.07) is 0. The summed E-state index contributed by atoms with van der Waals surface area (Å²) >= 11 is 1.76. The molecule has 2 rings (SSSR count). The summed E-state index contributed by atoms with van der Waals surface area (Å²) in [5, 5.41) is 14.1. The number of rotatable bonds is 4. The van der Waals surface area contributed by atoms with Crippen LogP contribution in [0.15, 0.2) is 23.6 Å². The van der Waals surface area contributed by atoms with E-state index in [1.807, 2.05) is 7.05 Å². The van der Waals surface area contributed by atoms with Gasteiger partial charge in [-0.05, 0) is 26.3 Å². The van der Waals surface area contributed by atoms with Crippen molar-refractivity contribution in [1.82, 2.24) is 15.3 Å². The Morgan fingerprint density at radius 2 is 2.50 bits per heavy atom. The molecule has 1 heterocycles. The average Bonchev–Trinajstić information content (AvgIpc) is 2.75. The van der Waals surface area contributed by atoms with E-state index in [1.54, 1.807) is 30.4 Å². The van der Waals surface area contributed by atoms with E-state index in [-0.39, 0.29) is 12.1 Å². The summed E-state index contributed by atoms with van der Waals surface area (Å²) in [6.07, 6.45) is 8.32. The van der Waals surface area contributed by atoms with Crippen molar-refractivity contribution in [2.75, 3.05) is 13.7 Å². The second-order valence-corrected chi connectivity index (χ2v) is 5.54. The van der Waals surface area contributed by atoms with Gasteiger partial charge in [-0.25, -0.2) is 4.98 Å². The molecule has 2 N–H and O–H groups in total. The summed E-state index contributed by atoms with van der Waals surface area (Å²) in [5.74, 6) is 0. The normalized spacial score (nSPS) is 29.5. The van der Waals surface area contributed by atoms with Gasteiger partial charge in [0.05, 0.1) is 12.8 Å². The molecule has 88 valence electrons. The molecule has 16 heavy (non-hydrogen) atoms. The molecule has 1 aliphatic rings. The molecule has 2 atom stereocenters. The third-order valence-corrected chi connectivity index (χ3v) is 4.41. The molecule has 1 fully saturated rings. The highest BCUT2D eigenvalue weighted by atomic mass is 32.2. The number of likely N-dealkylation sites (N-methyl/N-ethyl adjacent to an activating group) is 1. The van der Waals surface area contributed by atoms with Gasteiger partial charge >= 0.3 is 0 Å². The first-order valence-electron chi connectivity index (χ1n) is 5.50. The highest BCUT2D eigenvalue weighted by molar-refractivity contribution is 7.99. The number of aliphatic hydroxyl groups is 1. The maximum atomic E-state index is 9.40. The van der Waals surface area contributed by atoms with Crippen LogP contribution in [0.1, 0.15) is 19.3 Å². The van der Waals surface area contributed by atoms with E-state index in [4.69, 9.17) is 0 Å². The lowest BCUT2D eigenvalue weighted by Crippen LogP contribution is -2.44. The van der Waals surface area contributed by atoms with Crippen LogP contribution in [0.2, 0.25) is 0 Å². The monoisotopic (exact) mass is 239 g/mol. The number of aliphatic hydroxyl groups excluding tert-OH is 1. The predicted octanol–water partition coefficient (Wildman–Crippen LogP) is 1.07. The van der Waals surface area contributed by atoms with Crippen molar-refractivity contribution in [2.24, 2.45) is 0 Å². The van der Waals surface area contributed by atoms with Crippen LogP contribution in [-0.4, -0.2) is 39.5 Å². The second kappa shape index (κ2) is 5.12. The molecule has 1 aliphatic carbocycles. The van der Waals surface area contributed by atoms with Crippen molar-refractivity contribution < 1.29 is 5.11 Å². The first-order valence-corrected chi connectivity index (χ1v) is 6.38. The van der Waals surface area contributed by atoms with Gasteiger partial charge in [-0.3, -0.25) is 4.98 Å². The number of nitrogens with zero attached hydrogens (tertiary/aromatic N) is 2. The van der Waals surface area contributed by atoms with Gasteiger partial charge < -0.3 is 10.4 Å². The first-order chi connectivity index (χ1) is 7.78. The quantitative estimate of drug-likeness (QED) is 0.823. The Balaban J connectivity index is 1.95. The lowest BCUT2D eigenvalue weighted by atomic mass is 10.00. The smallest absolute Gasteiger partial charge is 0.115 e. The number of nitrogens with one attached hydrogen (secondary N) is 1. The zero-order chi connectivity index (χ0) is 11.4. The topological polar surface area (TPSA) is 58.0 Å². The molecule has 0 aromatic carbocycles. The van der Waals surface area contributed by atoms with Gasteiger partial charge in [0, 0.05) is 23.2 Å². The van der Waals surface area contributed by atoms with Crippen LogP contribution in [0.5, 0.6) is 0 Å². The fourth-order valence-electron chi connectivity index (χ4n) is 2.14. The minimum atomic E-state index is -0.0835. The summed E-state index contributed by atoms with van der Waals surface area (Å²) < 4.78 is 0. The fourth-order valence-corrected chi connectivity index (χ4v) is 3.37. The SMILES string of the molecule is CNC1(CO)CCC(Sc2cnccn2)C1. The molecule has 1 aromatic heterocycles. The predicted molar refractivity (Wildman–Crippen MR) is 64.4 cm³/mol. The third-order valence-electron chi connectivity index (χ3n) is 3.22. The van der Waals surface area contributed by atoms with Crippen LogP contribution >= 0.6 is 11.8 Å². The highest BCUT2D eigenvalue weighted by Crippen LogP contribution is 2.38. The molecule has 0 saturated heterocycles. The van der Waals surface area contributed by atoms with Crippen molar-refractivity contribution in [2.45, 2.75) is 35.1 Å². The number of aromatic nitrogens is 2. The van der Waals surface area contributed by atoms with E-state index < -0.39 is 0 Å². The van der Waals surface area contributed by atoms with E-state index in [0.29, 0.717) is 5.25 Å². The van der Waals surface area contributed by atoms with E-state index in [2.05, 4.69) is 15.3 Å². The lowest BCUT2D eigenvalue weighted by Gasteiger charge is -2.26. The fraction of sp³-hybridized carbons (Fsp3) is 0.636. The van der Waals surface area contributed by atoms with Crippen molar-refractivity contribution in [3.8, 4) is 0 Å². The van der Waals surface area contributed by atoms with Crippen molar-refractivity contribution in [3.63, 3.8) is 0 Å². The minimum absolute atomic E-state index is 0.0835. The number of hydrogen-bond acceptors (Lipinski definition) is 5. The van der Waals surface area contributed by atoms with Gasteiger partial charge in [0.1, 0.15) is 5.03 Å². The summed E-state index contributed by atoms with van der Waals surface area (Å²) in [7, 11) is 1.92. The number of thioether (sulfide) groups is 1. The van der Waals surface area contributed by atoms with Crippen molar-refractivity contribution in [1.29, 1.82) is 0 Å². The Hall–Kier alpha value is -0.650. The molecule has 1 aromatic rings. The Morgan fingerprint density at radius 3 is 3.06 bits per heavy atom. The van der Waals surface area contributed by atoms with Crippen molar-refractivity contribution in [3.05, 3.63) is 18.6 Å². The van der Waals surface area contributed by atoms with E-state index in [1.165, 1.54) is 0 Å². The zero-order valence-corrected chi connectivity index (χ0v) is 10.2. The third kappa shape index (κ3) is 2.53. The van der Waals surface area contributed by atoms with Gasteiger partial charge in [-0.15, -0.1) is 11.8 Å². The van der Waals surface area contributed by atoms with Crippen LogP contribution in [0.3, 0.4) is 0 Å². The number of hydrogen-bond donors (Lipinski definition) is 2. The van der Waals surface area contributed by atoms with Crippen molar-refractivity contribution >= 4 is 11.8 Å². The van der Waals surface area contributed by atoms with Crippen LogP contribution in [0.25, 0.3) is 0 Å². The summed E-state index contributed by atoms with van der Waals surface area (Å²) in [6.45, 7) is 0.209. The van der Waals surface area contributed by atoms with Gasteiger partial charge in [-0.1, -0.05) is 0 Å². The Labute approximate surface area is 99.9 Å². The van der Waals surface area contributed by atoms with Gasteiger partial charge in [-0.2, -0.15) is 0 Å². The maximum Gasteiger partial charge on any atom is 0.115 e.